The summed E-state index contributed by atoms with van der Waals surface area (Å²) in [6, 6.07) is 13.9. The van der Waals surface area contributed by atoms with E-state index in [9.17, 15) is 0 Å². The third kappa shape index (κ3) is 5.50. The molecule has 1 aliphatic rings. The quantitative estimate of drug-likeness (QED) is 0.304. The van der Waals surface area contributed by atoms with Crippen molar-refractivity contribution in [2.45, 2.75) is 37.5 Å². The standard InChI is InChI=1S/C23H31N3O3.HI/c1-27-19-10-6-5-9-18(19)26-22(24)25-16-23(13-7-4-8-14-23)17-11-12-20(28-2)21(15-17)29-3;/h5-6,9-12,15H,4,7-8,13-14,16H2,1-3H3,(H3,24,25,26);1H. The van der Waals surface area contributed by atoms with E-state index in [1.807, 2.05) is 30.3 Å². The maximum absolute atomic E-state index is 6.22. The summed E-state index contributed by atoms with van der Waals surface area (Å²) in [5.41, 5.74) is 8.20. The van der Waals surface area contributed by atoms with Crippen molar-refractivity contribution in [1.29, 1.82) is 0 Å². The average Bonchev–Trinajstić information content (AvgIpc) is 2.78. The van der Waals surface area contributed by atoms with Crippen LogP contribution < -0.4 is 25.3 Å². The summed E-state index contributed by atoms with van der Waals surface area (Å²) in [7, 11) is 4.97. The molecule has 164 valence electrons. The second-order valence-corrected chi connectivity index (χ2v) is 7.44. The molecule has 1 aliphatic carbocycles. The van der Waals surface area contributed by atoms with Gasteiger partial charge in [-0.15, -0.1) is 24.0 Å². The average molecular weight is 525 g/mol. The minimum Gasteiger partial charge on any atom is -0.495 e. The molecule has 0 bridgehead atoms. The molecule has 3 N–H and O–H groups in total. The third-order valence-electron chi connectivity index (χ3n) is 5.73. The van der Waals surface area contributed by atoms with E-state index in [0.29, 0.717) is 12.5 Å². The number of halogens is 1. The molecule has 3 rings (SSSR count). The van der Waals surface area contributed by atoms with Gasteiger partial charge < -0.3 is 25.3 Å². The third-order valence-corrected chi connectivity index (χ3v) is 5.73. The van der Waals surface area contributed by atoms with Gasteiger partial charge in [0, 0.05) is 5.41 Å². The number of ether oxygens (including phenoxy) is 3. The van der Waals surface area contributed by atoms with Gasteiger partial charge in [-0.25, -0.2) is 0 Å². The number of aliphatic imine (C=N–C) groups is 1. The lowest BCUT2D eigenvalue weighted by Crippen LogP contribution is -2.34. The van der Waals surface area contributed by atoms with Crippen LogP contribution in [0.3, 0.4) is 0 Å². The van der Waals surface area contributed by atoms with Gasteiger partial charge in [0.1, 0.15) is 5.75 Å². The number of benzene rings is 2. The first kappa shape index (κ1) is 24.1. The summed E-state index contributed by atoms with van der Waals surface area (Å²) in [5.74, 6) is 2.61. The molecule has 0 aromatic heterocycles. The van der Waals surface area contributed by atoms with Crippen LogP contribution in [0.2, 0.25) is 0 Å². The molecular weight excluding hydrogens is 493 g/mol. The van der Waals surface area contributed by atoms with Crippen molar-refractivity contribution in [2.75, 3.05) is 33.2 Å². The molecule has 1 saturated carbocycles. The topological polar surface area (TPSA) is 78.1 Å². The van der Waals surface area contributed by atoms with Crippen LogP contribution in [0.5, 0.6) is 17.2 Å². The lowest BCUT2D eigenvalue weighted by molar-refractivity contribution is 0.298. The monoisotopic (exact) mass is 525 g/mol. The number of hydrogen-bond donors (Lipinski definition) is 2. The second kappa shape index (κ2) is 11.3. The van der Waals surface area contributed by atoms with Gasteiger partial charge in [-0.1, -0.05) is 37.5 Å². The highest BCUT2D eigenvalue weighted by Crippen LogP contribution is 2.42. The van der Waals surface area contributed by atoms with Gasteiger partial charge in [0.2, 0.25) is 0 Å². The van der Waals surface area contributed by atoms with Crippen molar-refractivity contribution < 1.29 is 14.2 Å². The summed E-state index contributed by atoms with van der Waals surface area (Å²) < 4.78 is 16.3. The van der Waals surface area contributed by atoms with E-state index in [1.165, 1.54) is 24.8 Å². The van der Waals surface area contributed by atoms with E-state index in [2.05, 4.69) is 17.4 Å². The summed E-state index contributed by atoms with van der Waals surface area (Å²) in [4.78, 5) is 4.72. The Morgan fingerprint density at radius 2 is 1.60 bits per heavy atom. The number of guanidine groups is 1. The normalized spacial score (nSPS) is 15.6. The zero-order valence-electron chi connectivity index (χ0n) is 17.9. The molecular formula is C23H32IN3O3. The van der Waals surface area contributed by atoms with Crippen LogP contribution in [-0.4, -0.2) is 33.8 Å². The molecule has 0 radical (unpaired) electrons. The summed E-state index contributed by atoms with van der Waals surface area (Å²) in [6.07, 6.45) is 5.78. The van der Waals surface area contributed by atoms with E-state index < -0.39 is 0 Å². The first-order valence-corrected chi connectivity index (χ1v) is 10.0. The number of para-hydroxylation sites is 2. The Morgan fingerprint density at radius 1 is 0.933 bits per heavy atom. The molecule has 2 aromatic carbocycles. The number of nitrogens with one attached hydrogen (secondary N) is 1. The van der Waals surface area contributed by atoms with Gasteiger partial charge in [-0.3, -0.25) is 4.99 Å². The molecule has 0 saturated heterocycles. The van der Waals surface area contributed by atoms with E-state index in [0.717, 1.165) is 35.8 Å². The molecule has 0 aliphatic heterocycles. The van der Waals surface area contributed by atoms with E-state index in [4.69, 9.17) is 24.9 Å². The zero-order valence-corrected chi connectivity index (χ0v) is 20.3. The van der Waals surface area contributed by atoms with Crippen LogP contribution in [0.25, 0.3) is 0 Å². The summed E-state index contributed by atoms with van der Waals surface area (Å²) in [5, 5.41) is 3.17. The van der Waals surface area contributed by atoms with E-state index >= 15 is 0 Å². The Labute approximate surface area is 196 Å². The summed E-state index contributed by atoms with van der Waals surface area (Å²) >= 11 is 0. The molecule has 0 heterocycles. The van der Waals surface area contributed by atoms with E-state index in [-0.39, 0.29) is 29.4 Å². The van der Waals surface area contributed by atoms with Gasteiger partial charge in [0.25, 0.3) is 0 Å². The largest absolute Gasteiger partial charge is 0.495 e. The molecule has 0 amide bonds. The SMILES string of the molecule is COc1ccccc1NC(N)=NCC1(c2ccc(OC)c(OC)c2)CCCCC1.I. The fraction of sp³-hybridized carbons (Fsp3) is 0.435. The molecule has 2 aromatic rings. The Bertz CT molecular complexity index is 851. The van der Waals surface area contributed by atoms with Crippen LogP contribution in [0.1, 0.15) is 37.7 Å². The van der Waals surface area contributed by atoms with Crippen LogP contribution in [0.4, 0.5) is 5.69 Å². The smallest absolute Gasteiger partial charge is 0.193 e. The number of rotatable bonds is 7. The van der Waals surface area contributed by atoms with Gasteiger partial charge in [0.05, 0.1) is 33.6 Å². The van der Waals surface area contributed by atoms with Crippen molar-refractivity contribution in [3.05, 3.63) is 48.0 Å². The highest BCUT2D eigenvalue weighted by atomic mass is 127. The van der Waals surface area contributed by atoms with Gasteiger partial charge >= 0.3 is 0 Å². The summed E-state index contributed by atoms with van der Waals surface area (Å²) in [6.45, 7) is 0.621. The van der Waals surface area contributed by atoms with Crippen LogP contribution in [-0.2, 0) is 5.41 Å². The fourth-order valence-corrected chi connectivity index (χ4v) is 4.09. The molecule has 0 unspecified atom stereocenters. The minimum absolute atomic E-state index is 0. The lowest BCUT2D eigenvalue weighted by Gasteiger charge is -2.37. The Kier molecular flexibility index (Phi) is 9.08. The first-order valence-electron chi connectivity index (χ1n) is 10.0. The molecule has 6 nitrogen and oxygen atoms in total. The molecule has 7 heteroatoms. The number of methoxy groups -OCH3 is 3. The van der Waals surface area contributed by atoms with Crippen LogP contribution in [0, 0.1) is 0 Å². The van der Waals surface area contributed by atoms with Gasteiger partial charge in [-0.2, -0.15) is 0 Å². The minimum atomic E-state index is -0.0507. The zero-order chi connectivity index (χ0) is 20.7. The predicted octanol–water partition coefficient (Wildman–Crippen LogP) is 4.96. The predicted molar refractivity (Wildman–Crippen MR) is 133 cm³/mol. The number of anilines is 1. The van der Waals surface area contributed by atoms with Crippen molar-refractivity contribution in [1.82, 2.24) is 0 Å². The molecule has 30 heavy (non-hydrogen) atoms. The maximum Gasteiger partial charge on any atom is 0.193 e. The van der Waals surface area contributed by atoms with Crippen LogP contribution in [0.15, 0.2) is 47.5 Å². The van der Waals surface area contributed by atoms with Crippen molar-refractivity contribution >= 4 is 35.6 Å². The molecule has 0 spiro atoms. The fourth-order valence-electron chi connectivity index (χ4n) is 4.09. The Hall–Kier alpha value is -2.16. The second-order valence-electron chi connectivity index (χ2n) is 7.44. The van der Waals surface area contributed by atoms with Crippen molar-refractivity contribution in [3.63, 3.8) is 0 Å². The van der Waals surface area contributed by atoms with Gasteiger partial charge in [0.15, 0.2) is 17.5 Å². The lowest BCUT2D eigenvalue weighted by atomic mass is 9.69. The number of nitrogens with zero attached hydrogens (tertiary/aromatic N) is 1. The number of nitrogens with two attached hydrogens (primary N) is 1. The first-order chi connectivity index (χ1) is 14.1. The Balaban J connectivity index is 0.00000320. The molecule has 0 atom stereocenters. The maximum atomic E-state index is 6.22. The van der Waals surface area contributed by atoms with Crippen LogP contribution >= 0.6 is 24.0 Å². The molecule has 1 fully saturated rings. The Morgan fingerprint density at radius 3 is 2.27 bits per heavy atom. The van der Waals surface area contributed by atoms with E-state index in [1.54, 1.807) is 21.3 Å². The van der Waals surface area contributed by atoms with Gasteiger partial charge in [-0.05, 0) is 42.7 Å². The highest BCUT2D eigenvalue weighted by Gasteiger charge is 2.34. The van der Waals surface area contributed by atoms with Crippen molar-refractivity contribution in [3.8, 4) is 17.2 Å². The highest BCUT2D eigenvalue weighted by molar-refractivity contribution is 14.0. The van der Waals surface area contributed by atoms with Crippen molar-refractivity contribution in [2.24, 2.45) is 10.7 Å². The number of hydrogen-bond acceptors (Lipinski definition) is 4.